The topological polar surface area (TPSA) is 221 Å². The average Bonchev–Trinajstić information content (AvgIpc) is 3.54. The number of aromatic nitrogens is 3. The summed E-state index contributed by atoms with van der Waals surface area (Å²) in [5, 5.41) is 8.35. The average molecular weight is 767 g/mol. The van der Waals surface area contributed by atoms with Crippen molar-refractivity contribution in [2.75, 3.05) is 18.0 Å². The van der Waals surface area contributed by atoms with Crippen LogP contribution in [0.1, 0.15) is 80.9 Å². The van der Waals surface area contributed by atoms with E-state index in [1.807, 2.05) is 31.2 Å². The number of rotatable bonds is 10. The molecule has 1 saturated carbocycles. The number of alkyl carbamates (subject to hydrolysis) is 1. The first kappa shape index (κ1) is 39.9. The first-order chi connectivity index (χ1) is 26.6. The van der Waals surface area contributed by atoms with Crippen LogP contribution in [0.4, 0.5) is 10.5 Å². The number of imide groups is 1. The Kier molecular flexibility index (Phi) is 12.0. The van der Waals surface area contributed by atoms with Gasteiger partial charge in [-0.15, -0.1) is 0 Å². The maximum absolute atomic E-state index is 14.2. The molecule has 15 heteroatoms. The van der Waals surface area contributed by atoms with Crippen LogP contribution in [0, 0.1) is 18.8 Å². The highest BCUT2D eigenvalue weighted by Gasteiger charge is 2.36. The first-order valence-electron chi connectivity index (χ1n) is 19.1. The number of hydrogen-bond acceptors (Lipinski definition) is 9. The fourth-order valence-electron chi connectivity index (χ4n) is 7.31. The molecule has 1 aliphatic carbocycles. The molecule has 4 aromatic rings. The second kappa shape index (κ2) is 16.9. The van der Waals surface area contributed by atoms with Crippen LogP contribution >= 0.6 is 0 Å². The highest BCUT2D eigenvalue weighted by atomic mass is 16.6. The maximum atomic E-state index is 14.2. The van der Waals surface area contributed by atoms with Gasteiger partial charge >= 0.3 is 11.8 Å². The molecule has 2 aromatic heterocycles. The molecule has 2 aliphatic rings. The number of imidazole rings is 1. The van der Waals surface area contributed by atoms with Gasteiger partial charge < -0.3 is 36.4 Å². The van der Waals surface area contributed by atoms with E-state index in [1.165, 1.54) is 0 Å². The molecule has 0 spiro atoms. The number of anilines is 1. The van der Waals surface area contributed by atoms with Crippen LogP contribution in [0.15, 0.2) is 59.5 Å². The van der Waals surface area contributed by atoms with Crippen molar-refractivity contribution in [1.82, 2.24) is 30.9 Å². The fraction of sp³-hybridized carbons (Fsp3) is 0.439. The number of benzene rings is 2. The summed E-state index contributed by atoms with van der Waals surface area (Å²) in [6, 6.07) is 12.4. The van der Waals surface area contributed by atoms with Crippen LogP contribution in [-0.2, 0) is 25.5 Å². The zero-order valence-electron chi connectivity index (χ0n) is 32.2. The van der Waals surface area contributed by atoms with Gasteiger partial charge in [-0.05, 0) is 120 Å². The zero-order chi connectivity index (χ0) is 40.1. The molecule has 6 rings (SSSR count). The summed E-state index contributed by atoms with van der Waals surface area (Å²) >= 11 is 0. The highest BCUT2D eigenvalue weighted by molar-refractivity contribution is 6.17. The van der Waals surface area contributed by atoms with Gasteiger partial charge in [0.05, 0.1) is 22.8 Å². The number of nitrogens with zero attached hydrogens (tertiary/aromatic N) is 2. The number of aryl methyl sites for hydroxylation is 1. The lowest BCUT2D eigenvalue weighted by Gasteiger charge is -2.32. The number of nitrogens with two attached hydrogens (primary N) is 1. The van der Waals surface area contributed by atoms with Gasteiger partial charge in [0.25, 0.3) is 11.8 Å². The van der Waals surface area contributed by atoms with E-state index >= 15 is 0 Å². The van der Waals surface area contributed by atoms with Gasteiger partial charge in [-0.25, -0.2) is 14.5 Å². The molecule has 56 heavy (non-hydrogen) atoms. The summed E-state index contributed by atoms with van der Waals surface area (Å²) in [5.41, 5.74) is 10.3. The Bertz CT molecular complexity index is 2160. The van der Waals surface area contributed by atoms with Crippen LogP contribution in [0.25, 0.3) is 22.2 Å². The lowest BCUT2D eigenvalue weighted by molar-refractivity contribution is -0.130. The molecule has 0 unspecified atom stereocenters. The van der Waals surface area contributed by atoms with Crippen molar-refractivity contribution in [3.8, 4) is 11.1 Å². The van der Waals surface area contributed by atoms with Crippen molar-refractivity contribution in [1.29, 1.82) is 0 Å². The number of pyridine rings is 1. The summed E-state index contributed by atoms with van der Waals surface area (Å²) in [4.78, 5) is 88.4. The van der Waals surface area contributed by atoms with Gasteiger partial charge in [0.2, 0.25) is 11.8 Å². The van der Waals surface area contributed by atoms with E-state index in [9.17, 15) is 28.8 Å². The van der Waals surface area contributed by atoms with E-state index in [-0.39, 0.29) is 29.8 Å². The molecule has 296 valence electrons. The van der Waals surface area contributed by atoms with Crippen LogP contribution in [-0.4, -0.2) is 75.4 Å². The quantitative estimate of drug-likeness (QED) is 0.137. The third-order valence-electron chi connectivity index (χ3n) is 10.3. The molecule has 5 amide bonds. The molecule has 2 aromatic carbocycles. The standard InChI is InChI=1S/C41H50N8O7/c1-23-18-34(36(51)46-32-6-5-17-43-35(32)50)44-22-29(23)26-11-7-24(8-12-26)19-30(42)38(53)49(28-15-16-31-33(20-28)48-39(54)47-31)37(52)27-13-9-25(10-14-27)21-45-40(55)56-41(2,3)4/h7-8,11-12,15-16,18,20,22,25,27,30,32H,5-6,9-10,13-14,17,19,21,42H2,1-4H3,(H,43,50)(H,45,55)(H,46,51)(H2,47,48,54)/t25?,27?,30-,32+/m0/s1. The third kappa shape index (κ3) is 9.69. The molecule has 2 fully saturated rings. The van der Waals surface area contributed by atoms with Gasteiger partial charge in [0, 0.05) is 30.8 Å². The Morgan fingerprint density at radius 1 is 0.964 bits per heavy atom. The SMILES string of the molecule is Cc1cc(C(=O)N[C@@H]2CCCNC2=O)ncc1-c1ccc(C[C@H](N)C(=O)N(C(=O)C2CCC(CNC(=O)OC(C)(C)C)CC2)c2ccc3[nH]c(=O)[nH]c3c2)cc1. The molecular formula is C41H50N8O7. The lowest BCUT2D eigenvalue weighted by Crippen LogP contribution is -2.50. The number of ether oxygens (including phenoxy) is 1. The minimum absolute atomic E-state index is 0.153. The summed E-state index contributed by atoms with van der Waals surface area (Å²) in [6.45, 7) is 8.32. The largest absolute Gasteiger partial charge is 0.444 e. The van der Waals surface area contributed by atoms with Gasteiger partial charge in [0.15, 0.2) is 0 Å². The minimum Gasteiger partial charge on any atom is -0.444 e. The molecular weight excluding hydrogens is 716 g/mol. The van der Waals surface area contributed by atoms with Gasteiger partial charge in [-0.2, -0.15) is 0 Å². The summed E-state index contributed by atoms with van der Waals surface area (Å²) in [7, 11) is 0. The number of carbonyl (C=O) groups excluding carboxylic acids is 5. The predicted molar refractivity (Wildman–Crippen MR) is 211 cm³/mol. The normalized spacial score (nSPS) is 19.1. The fourth-order valence-corrected chi connectivity index (χ4v) is 7.31. The van der Waals surface area contributed by atoms with Crippen molar-refractivity contribution in [2.24, 2.45) is 17.6 Å². The van der Waals surface area contributed by atoms with E-state index in [2.05, 4.69) is 30.9 Å². The number of aromatic amines is 2. The van der Waals surface area contributed by atoms with E-state index in [1.54, 1.807) is 51.2 Å². The number of nitrogens with one attached hydrogen (secondary N) is 5. The minimum atomic E-state index is -1.06. The Morgan fingerprint density at radius 2 is 1.68 bits per heavy atom. The summed E-state index contributed by atoms with van der Waals surface area (Å²) in [5.74, 6) is -1.81. The molecule has 1 saturated heterocycles. The Hall–Kier alpha value is -5.83. The van der Waals surface area contributed by atoms with Crippen LogP contribution < -0.4 is 32.3 Å². The maximum Gasteiger partial charge on any atom is 0.407 e. The van der Waals surface area contributed by atoms with Crippen molar-refractivity contribution in [3.05, 3.63) is 82.0 Å². The van der Waals surface area contributed by atoms with E-state index in [0.29, 0.717) is 61.9 Å². The number of piperidine rings is 1. The summed E-state index contributed by atoms with van der Waals surface area (Å²) < 4.78 is 5.35. The third-order valence-corrected chi connectivity index (χ3v) is 10.3. The number of hydrogen-bond donors (Lipinski definition) is 6. The molecule has 2 atom stereocenters. The molecule has 3 heterocycles. The van der Waals surface area contributed by atoms with Crippen LogP contribution in [0.5, 0.6) is 0 Å². The number of fused-ring (bicyclic) bond motifs is 1. The zero-order valence-corrected chi connectivity index (χ0v) is 32.2. The van der Waals surface area contributed by atoms with Crippen molar-refractivity contribution in [2.45, 2.75) is 90.3 Å². The highest BCUT2D eigenvalue weighted by Crippen LogP contribution is 2.32. The molecule has 0 bridgehead atoms. The van der Waals surface area contributed by atoms with E-state index in [4.69, 9.17) is 10.5 Å². The Morgan fingerprint density at radius 3 is 2.36 bits per heavy atom. The lowest BCUT2D eigenvalue weighted by atomic mass is 9.81. The van der Waals surface area contributed by atoms with E-state index in [0.717, 1.165) is 33.6 Å². The number of carbonyl (C=O) groups is 5. The van der Waals surface area contributed by atoms with Crippen LogP contribution in [0.3, 0.4) is 0 Å². The van der Waals surface area contributed by atoms with Crippen molar-refractivity contribution >= 4 is 46.4 Å². The van der Waals surface area contributed by atoms with Gasteiger partial charge in [-0.1, -0.05) is 24.3 Å². The Balaban J connectivity index is 1.12. The van der Waals surface area contributed by atoms with Gasteiger partial charge in [-0.3, -0.25) is 24.2 Å². The second-order valence-corrected chi connectivity index (χ2v) is 15.8. The van der Waals surface area contributed by atoms with Crippen molar-refractivity contribution < 1.29 is 28.7 Å². The number of amides is 5. The van der Waals surface area contributed by atoms with E-state index < -0.39 is 47.2 Å². The summed E-state index contributed by atoms with van der Waals surface area (Å²) in [6.07, 6.45) is 5.09. The van der Waals surface area contributed by atoms with Gasteiger partial charge in [0.1, 0.15) is 17.3 Å². The monoisotopic (exact) mass is 766 g/mol. The number of H-pyrrole nitrogens is 2. The predicted octanol–water partition coefficient (Wildman–Crippen LogP) is 4.00. The molecule has 1 aliphatic heterocycles. The van der Waals surface area contributed by atoms with Crippen LogP contribution in [0.2, 0.25) is 0 Å². The molecule has 15 nitrogen and oxygen atoms in total. The Labute approximate surface area is 324 Å². The second-order valence-electron chi connectivity index (χ2n) is 15.8. The van der Waals surface area contributed by atoms with Crippen molar-refractivity contribution in [3.63, 3.8) is 0 Å². The smallest absolute Gasteiger partial charge is 0.407 e. The molecule has 7 N–H and O–H groups in total. The first-order valence-corrected chi connectivity index (χ1v) is 19.1. The molecule has 0 radical (unpaired) electrons.